The van der Waals surface area contributed by atoms with Crippen LogP contribution in [-0.4, -0.2) is 138 Å². The van der Waals surface area contributed by atoms with Gasteiger partial charge < -0.3 is 53.2 Å². The van der Waals surface area contributed by atoms with Crippen molar-refractivity contribution in [3.63, 3.8) is 0 Å². The molecule has 3 aliphatic carbocycles. The number of nitrogens with zero attached hydrogens (tertiary/aromatic N) is 1. The molecule has 61 heavy (non-hydrogen) atoms. The second kappa shape index (κ2) is 16.2. The highest BCUT2D eigenvalue weighted by molar-refractivity contribution is 14.1. The lowest BCUT2D eigenvalue weighted by Crippen LogP contribution is -2.84. The average Bonchev–Trinajstić information content (AvgIpc) is 3.59. The number of alkyl halides is 1. The lowest BCUT2D eigenvalue weighted by Gasteiger charge is -2.67. The summed E-state index contributed by atoms with van der Waals surface area (Å²) in [6, 6.07) is 14.3. The molecular weight excluding hydrogens is 911 g/mol. The number of methoxy groups -OCH3 is 2. The Morgan fingerprint density at radius 1 is 0.967 bits per heavy atom. The maximum absolute atomic E-state index is 15.7. The number of urea groups is 1. The Kier molecular flexibility index (Phi) is 11.8. The van der Waals surface area contributed by atoms with Crippen molar-refractivity contribution in [2.24, 2.45) is 11.3 Å². The van der Waals surface area contributed by atoms with E-state index in [-0.39, 0.29) is 29.7 Å². The van der Waals surface area contributed by atoms with Gasteiger partial charge in [-0.05, 0) is 49.6 Å². The molecule has 13 atom stereocenters. The Morgan fingerprint density at radius 3 is 2.16 bits per heavy atom. The van der Waals surface area contributed by atoms with Crippen molar-refractivity contribution in [2.45, 2.75) is 97.5 Å². The summed E-state index contributed by atoms with van der Waals surface area (Å²) < 4.78 is 48.1. The fraction of sp³-hybridized carbons (Fsp3) is 0.535. The van der Waals surface area contributed by atoms with Gasteiger partial charge in [0.15, 0.2) is 35.8 Å². The van der Waals surface area contributed by atoms with Crippen molar-refractivity contribution in [3.05, 3.63) is 82.9 Å². The predicted octanol–water partition coefficient (Wildman–Crippen LogP) is 3.63. The number of hydrogen-bond acceptors (Lipinski definition) is 15. The van der Waals surface area contributed by atoms with Crippen molar-refractivity contribution >= 4 is 58.5 Å². The molecule has 2 aliphatic heterocycles. The van der Waals surface area contributed by atoms with Gasteiger partial charge in [-0.1, -0.05) is 71.1 Å². The molecule has 18 heteroatoms. The van der Waals surface area contributed by atoms with Crippen LogP contribution in [0.25, 0.3) is 0 Å². The van der Waals surface area contributed by atoms with E-state index in [1.807, 2.05) is 22.6 Å². The van der Waals surface area contributed by atoms with Gasteiger partial charge in [-0.15, -0.1) is 0 Å². The Hall–Kier alpha value is -4.63. The number of benzene rings is 2. The number of rotatable bonds is 10. The van der Waals surface area contributed by atoms with Crippen molar-refractivity contribution in [3.8, 4) is 0 Å². The predicted molar refractivity (Wildman–Crippen MR) is 219 cm³/mol. The smallest absolute Gasteiger partial charge is 0.454 e. The number of ketones is 1. The minimum Gasteiger partial charge on any atom is -0.454 e. The molecule has 2 aromatic rings. The minimum absolute atomic E-state index is 0.0790. The van der Waals surface area contributed by atoms with E-state index in [0.717, 1.165) is 0 Å². The molecule has 17 nitrogen and oxygen atoms in total. The molecular formula is C43H49IN2O15. The number of hydrogen-bond donors (Lipinski definition) is 2. The number of esters is 3. The molecule has 328 valence electrons. The first kappa shape index (κ1) is 44.4. The highest BCUT2D eigenvalue weighted by atomic mass is 127. The van der Waals surface area contributed by atoms with Crippen LogP contribution in [0.3, 0.4) is 0 Å². The quantitative estimate of drug-likeness (QED) is 0.115. The summed E-state index contributed by atoms with van der Waals surface area (Å²) in [5.74, 6) is -4.80. The largest absolute Gasteiger partial charge is 0.509 e. The molecule has 2 bridgehead atoms. The van der Waals surface area contributed by atoms with Crippen molar-refractivity contribution in [2.75, 3.05) is 34.9 Å². The summed E-state index contributed by atoms with van der Waals surface area (Å²) in [6.45, 7) is 5.82. The molecule has 0 aromatic heterocycles. The van der Waals surface area contributed by atoms with E-state index >= 15 is 4.79 Å². The van der Waals surface area contributed by atoms with E-state index in [1.54, 1.807) is 69.3 Å². The van der Waals surface area contributed by atoms with E-state index in [2.05, 4.69) is 5.32 Å². The van der Waals surface area contributed by atoms with E-state index in [4.69, 9.17) is 37.9 Å². The minimum atomic E-state index is -2.20. The first-order chi connectivity index (χ1) is 28.8. The molecule has 0 unspecified atom stereocenters. The number of halogens is 1. The summed E-state index contributed by atoms with van der Waals surface area (Å²) >= 11 is 2.02. The van der Waals surface area contributed by atoms with Crippen LogP contribution in [0.1, 0.15) is 56.1 Å². The van der Waals surface area contributed by atoms with E-state index < -0.39 is 111 Å². The monoisotopic (exact) mass is 960 g/mol. The number of Topliss-reactive ketones (excluding diaryl/α,β-unsaturated/α-hetero) is 1. The van der Waals surface area contributed by atoms with E-state index in [1.165, 1.54) is 52.3 Å². The number of ether oxygens (including phenoxy) is 8. The summed E-state index contributed by atoms with van der Waals surface area (Å²) in [5, 5.41) is 14.4. The molecule has 0 radical (unpaired) electrons. The number of carbonyl (C=O) groups is 6. The van der Waals surface area contributed by atoms with E-state index in [9.17, 15) is 29.1 Å². The van der Waals surface area contributed by atoms with Crippen molar-refractivity contribution in [1.82, 2.24) is 10.2 Å². The Morgan fingerprint density at radius 2 is 1.61 bits per heavy atom. The number of fused-ring (bicyclic) bond motifs is 4. The van der Waals surface area contributed by atoms with Crippen LogP contribution >= 0.6 is 22.6 Å². The summed E-state index contributed by atoms with van der Waals surface area (Å²) in [6.07, 6.45) is -11.5. The highest BCUT2D eigenvalue weighted by Crippen LogP contribution is 2.66. The topological polar surface area (TPSA) is 212 Å². The highest BCUT2D eigenvalue weighted by Gasteiger charge is 2.83. The van der Waals surface area contributed by atoms with Crippen LogP contribution < -0.4 is 5.32 Å². The van der Waals surface area contributed by atoms with Gasteiger partial charge >= 0.3 is 30.1 Å². The second-order valence-corrected chi connectivity index (χ2v) is 18.7. The van der Waals surface area contributed by atoms with Gasteiger partial charge in [0.05, 0.1) is 39.1 Å². The van der Waals surface area contributed by atoms with E-state index in [0.29, 0.717) is 5.56 Å². The second-order valence-electron chi connectivity index (χ2n) is 16.6. The SMILES string of the molecule is CO[C@H]1C(=O)[C@]2(C)[C@@H](OC)C[C@H]3OC[C@@]3(OC(C)=O)[C@H]2[C@H](OC(=O)c2ccccc2)[C@]23OC(=O)O[C@H]2[C@H](OC(=O)[C@H](O)[C@@H](NC(=O)N(C)C)c2ccccc2)C(C)=C1[C@]3(C)I. The Labute approximate surface area is 365 Å². The maximum Gasteiger partial charge on any atom is 0.509 e. The van der Waals surface area contributed by atoms with Gasteiger partial charge in [-0.3, -0.25) is 9.59 Å². The van der Waals surface area contributed by atoms with Crippen LogP contribution in [0.15, 0.2) is 71.8 Å². The summed E-state index contributed by atoms with van der Waals surface area (Å²) in [7, 11) is 5.72. The molecule has 2 aromatic carbocycles. The van der Waals surface area contributed by atoms with Crippen LogP contribution in [0.2, 0.25) is 0 Å². The number of amides is 2. The zero-order valence-corrected chi connectivity index (χ0v) is 37.0. The zero-order valence-electron chi connectivity index (χ0n) is 34.9. The zero-order chi connectivity index (χ0) is 44.4. The number of carbonyl (C=O) groups excluding carboxylic acids is 6. The van der Waals surface area contributed by atoms with Crippen molar-refractivity contribution in [1.29, 1.82) is 0 Å². The van der Waals surface area contributed by atoms with Crippen LogP contribution in [-0.2, 0) is 52.3 Å². The standard InChI is InChI=1S/C43H49IN2O15/c1-21-27-31(55-8)33(49)40(3)25(54-7)19-26-42(20-56-26,60-22(2)47)32(40)35(58-36(50)24-17-13-10-14-18-24)43(41(27,4)44)34(59-39(53)61-43)30(21)57-37(51)29(48)28(45-38(52)46(5)6)23-15-11-9-12-16-23/h9-18,25-26,28-32,34-35,48H,19-20H2,1-8H3,(H,45,52)/t25-,26+,28-,29+,30+,31+,32-,34-,35-,40+,41-,42-,43+/m0/s1. The molecule has 2 N–H and O–H groups in total. The molecule has 2 saturated heterocycles. The third-order valence-electron chi connectivity index (χ3n) is 13.1. The van der Waals surface area contributed by atoms with Crippen LogP contribution in [0, 0.1) is 11.3 Å². The van der Waals surface area contributed by atoms with Gasteiger partial charge in [0.25, 0.3) is 0 Å². The fourth-order valence-electron chi connectivity index (χ4n) is 10.2. The number of aliphatic hydroxyl groups excluding tert-OH is 1. The molecule has 4 fully saturated rings. The number of aliphatic hydroxyl groups is 1. The molecule has 5 aliphatic rings. The van der Waals surface area contributed by atoms with Gasteiger partial charge in [-0.2, -0.15) is 0 Å². The maximum atomic E-state index is 15.7. The molecule has 1 spiro atoms. The number of nitrogens with one attached hydrogen (secondary N) is 1. The van der Waals surface area contributed by atoms with Gasteiger partial charge in [-0.25, -0.2) is 19.2 Å². The van der Waals surface area contributed by atoms with Crippen LogP contribution in [0.4, 0.5) is 9.59 Å². The average molecular weight is 961 g/mol. The molecule has 7 rings (SSSR count). The first-order valence-corrected chi connectivity index (χ1v) is 20.8. The summed E-state index contributed by atoms with van der Waals surface area (Å²) in [4.78, 5) is 85.9. The van der Waals surface area contributed by atoms with Crippen molar-refractivity contribution < 1.29 is 71.8 Å². The van der Waals surface area contributed by atoms with Crippen LogP contribution in [0.5, 0.6) is 0 Å². The lowest BCUT2D eigenvalue weighted by molar-refractivity contribution is -0.343. The normalized spacial score (nSPS) is 35.8. The summed E-state index contributed by atoms with van der Waals surface area (Å²) in [5.41, 5.74) is -4.72. The molecule has 2 saturated carbocycles. The van der Waals surface area contributed by atoms with Gasteiger partial charge in [0.2, 0.25) is 5.60 Å². The molecule has 2 heterocycles. The third kappa shape index (κ3) is 6.79. The fourth-order valence-corrected chi connectivity index (χ4v) is 11.7. The lowest BCUT2D eigenvalue weighted by atomic mass is 9.46. The third-order valence-corrected chi connectivity index (χ3v) is 14.5. The van der Waals surface area contributed by atoms with Gasteiger partial charge in [0.1, 0.15) is 12.2 Å². The molecule has 2 amide bonds. The Balaban J connectivity index is 1.47. The van der Waals surface area contributed by atoms with Gasteiger partial charge in [0, 0.05) is 41.7 Å². The Bertz CT molecular complexity index is 2130. The first-order valence-electron chi connectivity index (χ1n) is 19.7.